The van der Waals surface area contributed by atoms with E-state index in [4.69, 9.17) is 0 Å². The highest BCUT2D eigenvalue weighted by molar-refractivity contribution is 6.05. The third-order valence-electron chi connectivity index (χ3n) is 7.56. The molecule has 0 saturated carbocycles. The summed E-state index contributed by atoms with van der Waals surface area (Å²) in [7, 11) is 0. The van der Waals surface area contributed by atoms with E-state index < -0.39 is 40.7 Å². The third-order valence-corrected chi connectivity index (χ3v) is 7.56. The number of H-pyrrole nitrogens is 1. The second-order valence-electron chi connectivity index (χ2n) is 10.5. The van der Waals surface area contributed by atoms with Crippen LogP contribution < -0.4 is 15.5 Å². The Morgan fingerprint density at radius 3 is 2.59 bits per heavy atom. The number of amides is 1. The number of aromatic amines is 1. The lowest BCUT2D eigenvalue weighted by Gasteiger charge is -2.34. The second kappa shape index (κ2) is 11.5. The van der Waals surface area contributed by atoms with Gasteiger partial charge in [-0.1, -0.05) is 6.92 Å². The van der Waals surface area contributed by atoms with E-state index in [1.165, 1.54) is 31.0 Å². The van der Waals surface area contributed by atoms with Crippen molar-refractivity contribution in [3.63, 3.8) is 0 Å². The van der Waals surface area contributed by atoms with Gasteiger partial charge in [-0.2, -0.15) is 13.2 Å². The van der Waals surface area contributed by atoms with Gasteiger partial charge in [-0.05, 0) is 61.2 Å². The summed E-state index contributed by atoms with van der Waals surface area (Å²) in [5.74, 6) is -2.71. The Hall–Kier alpha value is -5.14. The summed E-state index contributed by atoms with van der Waals surface area (Å²) in [6, 6.07) is 8.42. The highest BCUT2D eigenvalue weighted by atomic mass is 19.4. The number of nitrogens with zero attached hydrogens (tertiary/aromatic N) is 5. The number of nitrogens with one attached hydrogen (secondary N) is 3. The maximum atomic E-state index is 15.7. The maximum Gasteiger partial charge on any atom is 0.418 e. The number of piperidine rings is 1. The van der Waals surface area contributed by atoms with E-state index in [1.807, 2.05) is 0 Å². The fraction of sp³-hybridized carbons (Fsp3) is 0.233. The minimum atomic E-state index is -4.72. The number of anilines is 4. The lowest BCUT2D eigenvalue weighted by atomic mass is 9.97. The van der Waals surface area contributed by atoms with Gasteiger partial charge in [0.05, 0.1) is 17.6 Å². The zero-order chi connectivity index (χ0) is 31.0. The van der Waals surface area contributed by atoms with Crippen LogP contribution in [0.3, 0.4) is 0 Å². The second-order valence-corrected chi connectivity index (χ2v) is 10.5. The number of rotatable bonds is 6. The minimum Gasteiger partial charge on any atom is -0.371 e. The number of hydrogen-bond donors (Lipinski definition) is 3. The molecule has 0 aliphatic carbocycles. The molecule has 0 unspecified atom stereocenters. The average Bonchev–Trinajstić information content (AvgIpc) is 3.50. The molecule has 3 aromatic heterocycles. The molecule has 3 N–H and O–H groups in total. The first-order valence-electron chi connectivity index (χ1n) is 13.7. The summed E-state index contributed by atoms with van der Waals surface area (Å²) >= 11 is 0. The zero-order valence-electron chi connectivity index (χ0n) is 23.2. The highest BCUT2D eigenvalue weighted by Gasteiger charge is 2.36. The van der Waals surface area contributed by atoms with Crippen molar-refractivity contribution in [2.45, 2.75) is 25.9 Å². The molecule has 44 heavy (non-hydrogen) atoms. The molecular formula is C30H25F5N8O. The van der Waals surface area contributed by atoms with E-state index in [-0.39, 0.29) is 17.1 Å². The van der Waals surface area contributed by atoms with Crippen LogP contribution in [0.15, 0.2) is 61.3 Å². The van der Waals surface area contributed by atoms with Crippen molar-refractivity contribution in [3.05, 3.63) is 84.1 Å². The molecule has 0 bridgehead atoms. The number of imidazole rings is 1. The van der Waals surface area contributed by atoms with Gasteiger partial charge in [-0.25, -0.2) is 28.7 Å². The summed E-state index contributed by atoms with van der Waals surface area (Å²) in [6.45, 7) is 2.99. The van der Waals surface area contributed by atoms with Gasteiger partial charge in [0.25, 0.3) is 5.91 Å². The largest absolute Gasteiger partial charge is 0.418 e. The van der Waals surface area contributed by atoms with Crippen LogP contribution in [-0.2, 0) is 6.18 Å². The van der Waals surface area contributed by atoms with Gasteiger partial charge in [-0.3, -0.25) is 4.79 Å². The molecule has 9 nitrogen and oxygen atoms in total. The van der Waals surface area contributed by atoms with Crippen molar-refractivity contribution in [3.8, 4) is 11.3 Å². The first-order valence-corrected chi connectivity index (χ1v) is 13.7. The van der Waals surface area contributed by atoms with Crippen LogP contribution in [-0.4, -0.2) is 43.9 Å². The molecule has 4 heterocycles. The van der Waals surface area contributed by atoms with Crippen LogP contribution >= 0.6 is 0 Å². The standard InChI is InChI=1S/C30H25F5N8O/c1-16-8-11-43(12-9-16)22-7-4-17(13-19(22)30(33,34)35)29(44)41-21-6-5-20(31)25(23(21)32)42-27-18(3-2-10-36-27)24-26-28(39-14-37-24)40-15-38-26/h2-7,10,13-16H,8-9,11-12H2,1H3,(H,36,42)(H,41,44)(H,37,38,39,40). The van der Waals surface area contributed by atoms with Gasteiger partial charge in [-0.15, -0.1) is 0 Å². The summed E-state index contributed by atoms with van der Waals surface area (Å²) in [5, 5.41) is 4.91. The SMILES string of the molecule is CC1CCN(c2ccc(C(=O)Nc3ccc(F)c(Nc4ncccc4-c4ncnc5nc[nH]c45)c3F)cc2C(F)(F)F)CC1. The Morgan fingerprint density at radius 1 is 1.02 bits per heavy atom. The Balaban J connectivity index is 1.29. The van der Waals surface area contributed by atoms with Crippen molar-refractivity contribution < 1.29 is 26.7 Å². The van der Waals surface area contributed by atoms with Crippen molar-refractivity contribution in [1.82, 2.24) is 24.9 Å². The van der Waals surface area contributed by atoms with E-state index in [1.54, 1.807) is 17.0 Å². The molecule has 226 valence electrons. The van der Waals surface area contributed by atoms with E-state index in [2.05, 4.69) is 42.5 Å². The molecule has 1 fully saturated rings. The van der Waals surface area contributed by atoms with Crippen molar-refractivity contribution >= 4 is 40.0 Å². The minimum absolute atomic E-state index is 0.0114. The van der Waals surface area contributed by atoms with Crippen LogP contribution in [0.1, 0.15) is 35.7 Å². The molecular weight excluding hydrogens is 583 g/mol. The number of hydrogen-bond acceptors (Lipinski definition) is 7. The Labute approximate surface area is 247 Å². The fourth-order valence-electron chi connectivity index (χ4n) is 5.17. The predicted molar refractivity (Wildman–Crippen MR) is 155 cm³/mol. The average molecular weight is 609 g/mol. The Morgan fingerprint density at radius 2 is 1.82 bits per heavy atom. The number of aromatic nitrogens is 5. The Bertz CT molecular complexity index is 1850. The molecule has 1 aliphatic rings. The Kier molecular flexibility index (Phi) is 7.57. The third kappa shape index (κ3) is 5.62. The molecule has 0 radical (unpaired) electrons. The molecule has 14 heteroatoms. The molecule has 0 atom stereocenters. The van der Waals surface area contributed by atoms with Gasteiger partial charge in [0.2, 0.25) is 0 Å². The van der Waals surface area contributed by atoms with Crippen molar-refractivity contribution in [2.24, 2.45) is 5.92 Å². The summed E-state index contributed by atoms with van der Waals surface area (Å²) in [6.07, 6.45) is 0.912. The molecule has 0 spiro atoms. The lowest BCUT2D eigenvalue weighted by Crippen LogP contribution is -2.34. The number of pyridine rings is 1. The number of halogens is 5. The van der Waals surface area contributed by atoms with Crippen LogP contribution in [0.2, 0.25) is 0 Å². The number of fused-ring (bicyclic) bond motifs is 1. The van der Waals surface area contributed by atoms with Crippen LogP contribution in [0.25, 0.3) is 22.4 Å². The molecule has 1 aliphatic heterocycles. The van der Waals surface area contributed by atoms with Gasteiger partial charge < -0.3 is 20.5 Å². The number of alkyl halides is 3. The fourth-order valence-corrected chi connectivity index (χ4v) is 5.17. The molecule has 1 saturated heterocycles. The zero-order valence-corrected chi connectivity index (χ0v) is 23.2. The number of carbonyl (C=O) groups excluding carboxylic acids is 1. The number of carbonyl (C=O) groups is 1. The van der Waals surface area contributed by atoms with Crippen LogP contribution in [0.5, 0.6) is 0 Å². The summed E-state index contributed by atoms with van der Waals surface area (Å²) in [4.78, 5) is 34.3. The van der Waals surface area contributed by atoms with E-state index in [9.17, 15) is 22.4 Å². The highest BCUT2D eigenvalue weighted by Crippen LogP contribution is 2.39. The predicted octanol–water partition coefficient (Wildman–Crippen LogP) is 6.94. The maximum absolute atomic E-state index is 15.7. The van der Waals surface area contributed by atoms with Gasteiger partial charge >= 0.3 is 6.18 Å². The van der Waals surface area contributed by atoms with Crippen LogP contribution in [0.4, 0.5) is 44.8 Å². The summed E-state index contributed by atoms with van der Waals surface area (Å²) < 4.78 is 72.8. The molecule has 1 amide bonds. The van der Waals surface area contributed by atoms with E-state index >= 15 is 4.39 Å². The molecule has 5 aromatic rings. The van der Waals surface area contributed by atoms with Crippen molar-refractivity contribution in [1.29, 1.82) is 0 Å². The summed E-state index contributed by atoms with van der Waals surface area (Å²) in [5.41, 5.74) is -0.784. The van der Waals surface area contributed by atoms with E-state index in [0.717, 1.165) is 31.0 Å². The molecule has 6 rings (SSSR count). The quantitative estimate of drug-likeness (QED) is 0.179. The van der Waals surface area contributed by atoms with Crippen LogP contribution in [0, 0.1) is 17.6 Å². The normalized spacial score (nSPS) is 14.2. The first kappa shape index (κ1) is 29.0. The van der Waals surface area contributed by atoms with E-state index in [0.29, 0.717) is 41.4 Å². The monoisotopic (exact) mass is 608 g/mol. The van der Waals surface area contributed by atoms with Gasteiger partial charge in [0.15, 0.2) is 11.5 Å². The van der Waals surface area contributed by atoms with Crippen molar-refractivity contribution in [2.75, 3.05) is 28.6 Å². The smallest absolute Gasteiger partial charge is 0.371 e. The lowest BCUT2D eigenvalue weighted by molar-refractivity contribution is -0.137. The first-order chi connectivity index (χ1) is 21.1. The van der Waals surface area contributed by atoms with Gasteiger partial charge in [0.1, 0.15) is 34.9 Å². The van der Waals surface area contributed by atoms with Gasteiger partial charge in [0, 0.05) is 36.1 Å². The molecule has 2 aromatic carbocycles. The number of benzene rings is 2. The topological polar surface area (TPSA) is 112 Å².